The average molecular weight is 343 g/mol. The lowest BCUT2D eigenvalue weighted by molar-refractivity contribution is 0.100. The average Bonchev–Trinajstić information content (AvgIpc) is 3.02. The fourth-order valence-corrected chi connectivity index (χ4v) is 3.90. The van der Waals surface area contributed by atoms with Crippen LogP contribution in [0.2, 0.25) is 0 Å². The lowest BCUT2D eigenvalue weighted by atomic mass is 10.0. The van der Waals surface area contributed by atoms with E-state index < -0.39 is 5.91 Å². The zero-order chi connectivity index (χ0) is 17.1. The number of ether oxygens (including phenoxy) is 2. The van der Waals surface area contributed by atoms with E-state index in [9.17, 15) is 10.1 Å². The van der Waals surface area contributed by atoms with Crippen LogP contribution in [-0.2, 0) is 4.74 Å². The number of primary amides is 1. The van der Waals surface area contributed by atoms with Crippen LogP contribution in [0.25, 0.3) is 11.1 Å². The highest BCUT2D eigenvalue weighted by molar-refractivity contribution is 7.18. The van der Waals surface area contributed by atoms with Gasteiger partial charge in [0.15, 0.2) is 0 Å². The molecule has 0 bridgehead atoms. The number of thiophene rings is 1. The van der Waals surface area contributed by atoms with Crippen LogP contribution in [0.5, 0.6) is 5.75 Å². The number of benzene rings is 1. The number of morpholine rings is 1. The van der Waals surface area contributed by atoms with Gasteiger partial charge in [-0.25, -0.2) is 0 Å². The molecule has 0 saturated carbocycles. The molecule has 0 spiro atoms. The van der Waals surface area contributed by atoms with Crippen molar-refractivity contribution in [3.8, 4) is 22.9 Å². The van der Waals surface area contributed by atoms with Gasteiger partial charge in [0.05, 0.1) is 25.9 Å². The van der Waals surface area contributed by atoms with E-state index in [2.05, 4.69) is 11.0 Å². The molecule has 1 amide bonds. The standard InChI is InChI=1S/C17H17N3O3S/c1-22-12-4-2-11(3-5-12)14-13(10-18)17(24-15(14)16(19)21)20-6-8-23-9-7-20/h2-5H,6-9H2,1H3,(H2,19,21). The van der Waals surface area contributed by atoms with Gasteiger partial charge in [0.2, 0.25) is 0 Å². The molecule has 1 aromatic heterocycles. The second kappa shape index (κ2) is 6.91. The molecule has 7 heteroatoms. The van der Waals surface area contributed by atoms with E-state index in [1.54, 1.807) is 19.2 Å². The van der Waals surface area contributed by atoms with Crippen LogP contribution in [0, 0.1) is 11.3 Å². The molecule has 0 unspecified atom stereocenters. The summed E-state index contributed by atoms with van der Waals surface area (Å²) in [7, 11) is 1.59. The molecule has 3 rings (SSSR count). The molecular weight excluding hydrogens is 326 g/mol. The summed E-state index contributed by atoms with van der Waals surface area (Å²) in [6.45, 7) is 2.59. The summed E-state index contributed by atoms with van der Waals surface area (Å²) < 4.78 is 10.5. The largest absolute Gasteiger partial charge is 0.497 e. The van der Waals surface area contributed by atoms with Crippen LogP contribution in [-0.4, -0.2) is 39.3 Å². The van der Waals surface area contributed by atoms with Crippen molar-refractivity contribution in [1.29, 1.82) is 5.26 Å². The summed E-state index contributed by atoms with van der Waals surface area (Å²) in [4.78, 5) is 14.4. The first-order valence-corrected chi connectivity index (χ1v) is 8.31. The maximum absolute atomic E-state index is 11.9. The monoisotopic (exact) mass is 343 g/mol. The van der Waals surface area contributed by atoms with Gasteiger partial charge in [-0.1, -0.05) is 12.1 Å². The molecule has 2 heterocycles. The third-order valence-electron chi connectivity index (χ3n) is 3.90. The minimum atomic E-state index is -0.526. The fraction of sp³-hybridized carbons (Fsp3) is 0.294. The van der Waals surface area contributed by atoms with E-state index in [1.165, 1.54) is 11.3 Å². The molecule has 1 aliphatic heterocycles. The van der Waals surface area contributed by atoms with Crippen molar-refractivity contribution < 1.29 is 14.3 Å². The minimum absolute atomic E-state index is 0.401. The molecule has 1 aromatic carbocycles. The second-order valence-corrected chi connectivity index (χ2v) is 6.29. The van der Waals surface area contributed by atoms with Crippen LogP contribution in [0.1, 0.15) is 15.2 Å². The van der Waals surface area contributed by atoms with Crippen molar-refractivity contribution >= 4 is 22.2 Å². The normalized spacial score (nSPS) is 14.2. The topological polar surface area (TPSA) is 88.6 Å². The number of nitrogens with two attached hydrogens (primary N) is 1. The first kappa shape index (κ1) is 16.3. The van der Waals surface area contributed by atoms with Gasteiger partial charge in [0.1, 0.15) is 21.7 Å². The van der Waals surface area contributed by atoms with Crippen LogP contribution < -0.4 is 15.4 Å². The first-order chi connectivity index (χ1) is 11.7. The number of nitriles is 1. The fourth-order valence-electron chi connectivity index (χ4n) is 2.72. The van der Waals surface area contributed by atoms with E-state index in [1.807, 2.05) is 12.1 Å². The van der Waals surface area contributed by atoms with Gasteiger partial charge in [-0.05, 0) is 17.7 Å². The third-order valence-corrected chi connectivity index (χ3v) is 5.17. The quantitative estimate of drug-likeness (QED) is 0.919. The van der Waals surface area contributed by atoms with Crippen LogP contribution >= 0.6 is 11.3 Å². The van der Waals surface area contributed by atoms with E-state index >= 15 is 0 Å². The number of hydrogen-bond donors (Lipinski definition) is 1. The summed E-state index contributed by atoms with van der Waals surface area (Å²) in [6, 6.07) is 9.51. The number of hydrogen-bond acceptors (Lipinski definition) is 6. The van der Waals surface area contributed by atoms with Gasteiger partial charge in [-0.15, -0.1) is 11.3 Å². The number of amides is 1. The Balaban J connectivity index is 2.13. The molecule has 0 aliphatic carbocycles. The first-order valence-electron chi connectivity index (χ1n) is 7.49. The predicted molar refractivity (Wildman–Crippen MR) is 92.6 cm³/mol. The molecular formula is C17H17N3O3S. The Morgan fingerprint density at radius 2 is 2.00 bits per heavy atom. The Kier molecular flexibility index (Phi) is 4.69. The molecule has 2 N–H and O–H groups in total. The summed E-state index contributed by atoms with van der Waals surface area (Å²) in [5, 5.41) is 10.5. The van der Waals surface area contributed by atoms with Gasteiger partial charge in [-0.2, -0.15) is 5.26 Å². The van der Waals surface area contributed by atoms with Gasteiger partial charge in [0.25, 0.3) is 5.91 Å². The van der Waals surface area contributed by atoms with Crippen molar-refractivity contribution in [2.75, 3.05) is 38.3 Å². The van der Waals surface area contributed by atoms with E-state index in [0.29, 0.717) is 48.1 Å². The Labute approximate surface area is 144 Å². The van der Waals surface area contributed by atoms with Crippen LogP contribution in [0.15, 0.2) is 24.3 Å². The Morgan fingerprint density at radius 3 is 2.54 bits per heavy atom. The lowest BCUT2D eigenvalue weighted by Crippen LogP contribution is -2.36. The van der Waals surface area contributed by atoms with Gasteiger partial charge in [0, 0.05) is 18.7 Å². The maximum atomic E-state index is 11.9. The van der Waals surface area contributed by atoms with Crippen molar-refractivity contribution in [2.45, 2.75) is 0 Å². The van der Waals surface area contributed by atoms with Gasteiger partial charge < -0.3 is 20.1 Å². The zero-order valence-electron chi connectivity index (χ0n) is 13.2. The zero-order valence-corrected chi connectivity index (χ0v) is 14.1. The SMILES string of the molecule is COc1ccc(-c2c(C(N)=O)sc(N3CCOCC3)c2C#N)cc1. The summed E-state index contributed by atoms with van der Waals surface area (Å²) in [5.74, 6) is 0.184. The predicted octanol–water partition coefficient (Wildman–Crippen LogP) is 2.23. The highest BCUT2D eigenvalue weighted by Crippen LogP contribution is 2.42. The number of rotatable bonds is 4. The summed E-state index contributed by atoms with van der Waals surface area (Å²) >= 11 is 1.27. The molecule has 1 aliphatic rings. The summed E-state index contributed by atoms with van der Waals surface area (Å²) in [5.41, 5.74) is 7.43. The summed E-state index contributed by atoms with van der Waals surface area (Å²) in [6.07, 6.45) is 0. The Hall–Kier alpha value is -2.56. The number of methoxy groups -OCH3 is 1. The highest BCUT2D eigenvalue weighted by Gasteiger charge is 2.26. The maximum Gasteiger partial charge on any atom is 0.259 e. The number of carbonyl (C=O) groups is 1. The molecule has 1 fully saturated rings. The molecule has 24 heavy (non-hydrogen) atoms. The molecule has 124 valence electrons. The number of anilines is 1. The molecule has 0 atom stereocenters. The van der Waals surface area contributed by atoms with E-state index in [4.69, 9.17) is 15.2 Å². The molecule has 2 aromatic rings. The molecule has 0 radical (unpaired) electrons. The smallest absolute Gasteiger partial charge is 0.259 e. The molecule has 6 nitrogen and oxygen atoms in total. The molecule has 1 saturated heterocycles. The lowest BCUT2D eigenvalue weighted by Gasteiger charge is -2.27. The second-order valence-electron chi connectivity index (χ2n) is 5.29. The van der Waals surface area contributed by atoms with Gasteiger partial charge >= 0.3 is 0 Å². The van der Waals surface area contributed by atoms with Crippen molar-refractivity contribution in [3.63, 3.8) is 0 Å². The highest BCUT2D eigenvalue weighted by atomic mass is 32.1. The van der Waals surface area contributed by atoms with Gasteiger partial charge in [-0.3, -0.25) is 4.79 Å². The van der Waals surface area contributed by atoms with E-state index in [0.717, 1.165) is 10.6 Å². The van der Waals surface area contributed by atoms with E-state index in [-0.39, 0.29) is 0 Å². The van der Waals surface area contributed by atoms with Crippen LogP contribution in [0.3, 0.4) is 0 Å². The third kappa shape index (κ3) is 2.94. The van der Waals surface area contributed by atoms with Crippen molar-refractivity contribution in [2.24, 2.45) is 5.73 Å². The Morgan fingerprint density at radius 1 is 1.33 bits per heavy atom. The van der Waals surface area contributed by atoms with Crippen molar-refractivity contribution in [3.05, 3.63) is 34.7 Å². The number of carbonyl (C=O) groups excluding carboxylic acids is 1. The van der Waals surface area contributed by atoms with Crippen molar-refractivity contribution in [1.82, 2.24) is 0 Å². The minimum Gasteiger partial charge on any atom is -0.497 e. The Bertz CT molecular complexity index is 787. The number of nitrogens with zero attached hydrogens (tertiary/aromatic N) is 2. The van der Waals surface area contributed by atoms with Crippen LogP contribution in [0.4, 0.5) is 5.00 Å².